The predicted molar refractivity (Wildman–Crippen MR) is 107 cm³/mol. The Bertz CT molecular complexity index is 925. The van der Waals surface area contributed by atoms with Gasteiger partial charge in [-0.05, 0) is 30.2 Å². The number of nitrogens with zero attached hydrogens (tertiary/aromatic N) is 1. The van der Waals surface area contributed by atoms with Crippen LogP contribution < -0.4 is 15.4 Å². The number of rotatable bonds is 7. The summed E-state index contributed by atoms with van der Waals surface area (Å²) in [4.78, 5) is 16.6. The average molecular weight is 361 g/mol. The topological polar surface area (TPSA) is 63.2 Å². The number of amides is 1. The van der Waals surface area contributed by atoms with Crippen LogP contribution in [-0.2, 0) is 13.1 Å². The molecule has 0 saturated heterocycles. The molecule has 2 aromatic carbocycles. The van der Waals surface area contributed by atoms with Crippen molar-refractivity contribution in [3.05, 3.63) is 89.2 Å². The largest absolute Gasteiger partial charge is 0.496 e. The first-order chi connectivity index (χ1) is 13.2. The lowest BCUT2D eigenvalue weighted by molar-refractivity contribution is 0.0950. The lowest BCUT2D eigenvalue weighted by atomic mass is 10.1. The summed E-state index contributed by atoms with van der Waals surface area (Å²) in [5.41, 5.74) is 4.60. The van der Waals surface area contributed by atoms with Crippen molar-refractivity contribution >= 4 is 11.6 Å². The molecule has 0 radical (unpaired) electrons. The number of benzene rings is 2. The van der Waals surface area contributed by atoms with Crippen molar-refractivity contribution in [3.8, 4) is 5.75 Å². The van der Waals surface area contributed by atoms with Gasteiger partial charge in [-0.2, -0.15) is 0 Å². The van der Waals surface area contributed by atoms with E-state index in [0.717, 1.165) is 28.1 Å². The number of anilines is 1. The van der Waals surface area contributed by atoms with Crippen molar-refractivity contribution in [1.29, 1.82) is 0 Å². The van der Waals surface area contributed by atoms with Gasteiger partial charge < -0.3 is 15.4 Å². The Morgan fingerprint density at radius 2 is 1.74 bits per heavy atom. The monoisotopic (exact) mass is 361 g/mol. The van der Waals surface area contributed by atoms with Gasteiger partial charge in [0.2, 0.25) is 0 Å². The first-order valence-electron chi connectivity index (χ1n) is 8.81. The fourth-order valence-electron chi connectivity index (χ4n) is 2.79. The van der Waals surface area contributed by atoms with E-state index < -0.39 is 0 Å². The minimum absolute atomic E-state index is 0.147. The molecule has 0 unspecified atom stereocenters. The smallest absolute Gasteiger partial charge is 0.253 e. The molecule has 0 saturated carbocycles. The summed E-state index contributed by atoms with van der Waals surface area (Å²) in [6.07, 6.45) is 3.27. The van der Waals surface area contributed by atoms with Gasteiger partial charge in [0.05, 0.1) is 18.4 Å². The van der Waals surface area contributed by atoms with E-state index in [9.17, 15) is 4.79 Å². The second-order valence-electron chi connectivity index (χ2n) is 6.24. The minimum Gasteiger partial charge on any atom is -0.496 e. The molecule has 0 atom stereocenters. The summed E-state index contributed by atoms with van der Waals surface area (Å²) in [7, 11) is 1.65. The van der Waals surface area contributed by atoms with Crippen molar-refractivity contribution in [2.24, 2.45) is 0 Å². The molecular weight excluding hydrogens is 338 g/mol. The summed E-state index contributed by atoms with van der Waals surface area (Å²) in [6, 6.07) is 17.6. The molecule has 1 aromatic heterocycles. The molecule has 0 aliphatic rings. The van der Waals surface area contributed by atoms with Crippen LogP contribution in [0.15, 0.2) is 67.0 Å². The van der Waals surface area contributed by atoms with Gasteiger partial charge in [0.1, 0.15) is 5.75 Å². The Hall–Kier alpha value is -3.34. The normalized spacial score (nSPS) is 10.3. The van der Waals surface area contributed by atoms with Crippen molar-refractivity contribution in [3.63, 3.8) is 0 Å². The lowest BCUT2D eigenvalue weighted by Crippen LogP contribution is -2.23. The molecule has 0 fully saturated rings. The van der Waals surface area contributed by atoms with E-state index in [0.29, 0.717) is 18.7 Å². The van der Waals surface area contributed by atoms with Crippen LogP contribution in [0.1, 0.15) is 27.0 Å². The van der Waals surface area contributed by atoms with Crippen LogP contribution in [0.4, 0.5) is 5.69 Å². The van der Waals surface area contributed by atoms with Crippen LogP contribution in [0, 0.1) is 6.92 Å². The zero-order valence-electron chi connectivity index (χ0n) is 15.5. The fraction of sp³-hybridized carbons (Fsp3) is 0.182. The molecule has 3 aromatic rings. The number of carbonyl (C=O) groups excluding carboxylic acids is 1. The van der Waals surface area contributed by atoms with E-state index in [1.54, 1.807) is 25.6 Å². The Morgan fingerprint density at radius 1 is 1.00 bits per heavy atom. The van der Waals surface area contributed by atoms with Gasteiger partial charge in [0.25, 0.3) is 5.91 Å². The Balaban J connectivity index is 1.62. The number of methoxy groups -OCH3 is 1. The van der Waals surface area contributed by atoms with Crippen LogP contribution in [0.25, 0.3) is 0 Å². The number of ether oxygens (including phenoxy) is 1. The number of carbonyl (C=O) groups is 1. The fourth-order valence-corrected chi connectivity index (χ4v) is 2.79. The van der Waals surface area contributed by atoms with E-state index in [4.69, 9.17) is 4.74 Å². The Morgan fingerprint density at radius 3 is 2.52 bits per heavy atom. The van der Waals surface area contributed by atoms with Gasteiger partial charge in [-0.3, -0.25) is 9.78 Å². The summed E-state index contributed by atoms with van der Waals surface area (Å²) < 4.78 is 5.36. The maximum absolute atomic E-state index is 12.5. The van der Waals surface area contributed by atoms with E-state index in [-0.39, 0.29) is 5.91 Å². The predicted octanol–water partition coefficient (Wildman–Crippen LogP) is 3.94. The summed E-state index contributed by atoms with van der Waals surface area (Å²) >= 11 is 0. The Labute approximate surface area is 159 Å². The van der Waals surface area contributed by atoms with Gasteiger partial charge in [0.15, 0.2) is 0 Å². The second kappa shape index (κ2) is 8.85. The van der Waals surface area contributed by atoms with Gasteiger partial charge in [-0.25, -0.2) is 0 Å². The molecule has 27 heavy (non-hydrogen) atoms. The molecule has 1 amide bonds. The third kappa shape index (κ3) is 4.85. The number of nitrogens with one attached hydrogen (secondary N) is 2. The van der Waals surface area contributed by atoms with Crippen LogP contribution in [-0.4, -0.2) is 18.0 Å². The van der Waals surface area contributed by atoms with Crippen molar-refractivity contribution < 1.29 is 9.53 Å². The molecule has 138 valence electrons. The maximum atomic E-state index is 12.5. The highest BCUT2D eigenvalue weighted by Gasteiger charge is 2.08. The highest BCUT2D eigenvalue weighted by atomic mass is 16.5. The van der Waals surface area contributed by atoms with Gasteiger partial charge in [-0.15, -0.1) is 0 Å². The van der Waals surface area contributed by atoms with Crippen LogP contribution >= 0.6 is 0 Å². The van der Waals surface area contributed by atoms with E-state index in [1.807, 2.05) is 55.5 Å². The Kier molecular flexibility index (Phi) is 6.05. The molecule has 0 bridgehead atoms. The summed E-state index contributed by atoms with van der Waals surface area (Å²) in [5.74, 6) is 0.678. The molecule has 5 nitrogen and oxygen atoms in total. The number of aryl methyl sites for hydroxylation is 1. The number of hydrogen-bond donors (Lipinski definition) is 2. The minimum atomic E-state index is -0.147. The number of pyridine rings is 1. The van der Waals surface area contributed by atoms with Crippen LogP contribution in [0.3, 0.4) is 0 Å². The summed E-state index contributed by atoms with van der Waals surface area (Å²) in [6.45, 7) is 3.11. The molecular formula is C22H23N3O2. The van der Waals surface area contributed by atoms with E-state index in [2.05, 4.69) is 15.6 Å². The molecule has 0 aliphatic heterocycles. The number of para-hydroxylation sites is 1. The van der Waals surface area contributed by atoms with Crippen LogP contribution in [0.5, 0.6) is 5.75 Å². The second-order valence-corrected chi connectivity index (χ2v) is 6.24. The van der Waals surface area contributed by atoms with Gasteiger partial charge in [-0.1, -0.05) is 42.5 Å². The van der Waals surface area contributed by atoms with Crippen molar-refractivity contribution in [1.82, 2.24) is 10.3 Å². The standard InChI is InChI=1S/C22H23N3O2/c1-16-7-3-4-8-17(16)13-25-22(26)19-11-20(15-23-12-19)24-14-18-9-5-6-10-21(18)27-2/h3-12,15,24H,13-14H2,1-2H3,(H,25,26). The number of hydrogen-bond acceptors (Lipinski definition) is 4. The highest BCUT2D eigenvalue weighted by molar-refractivity contribution is 5.94. The molecule has 0 spiro atoms. The SMILES string of the molecule is COc1ccccc1CNc1cncc(C(=O)NCc2ccccc2C)c1. The van der Waals surface area contributed by atoms with E-state index in [1.165, 1.54) is 0 Å². The van der Waals surface area contributed by atoms with Crippen LogP contribution in [0.2, 0.25) is 0 Å². The molecule has 2 N–H and O–H groups in total. The molecule has 3 rings (SSSR count). The average Bonchev–Trinajstić information content (AvgIpc) is 2.72. The molecule has 0 aliphatic carbocycles. The highest BCUT2D eigenvalue weighted by Crippen LogP contribution is 2.19. The zero-order valence-corrected chi connectivity index (χ0v) is 15.5. The van der Waals surface area contributed by atoms with Gasteiger partial charge >= 0.3 is 0 Å². The summed E-state index contributed by atoms with van der Waals surface area (Å²) in [5, 5.41) is 6.24. The van der Waals surface area contributed by atoms with E-state index >= 15 is 0 Å². The number of aromatic nitrogens is 1. The van der Waals surface area contributed by atoms with Crippen molar-refractivity contribution in [2.45, 2.75) is 20.0 Å². The lowest BCUT2D eigenvalue weighted by Gasteiger charge is -2.11. The quantitative estimate of drug-likeness (QED) is 0.669. The maximum Gasteiger partial charge on any atom is 0.253 e. The van der Waals surface area contributed by atoms with Gasteiger partial charge in [0, 0.05) is 31.0 Å². The zero-order chi connectivity index (χ0) is 19.1. The molecule has 1 heterocycles. The first-order valence-corrected chi connectivity index (χ1v) is 8.81. The third-order valence-electron chi connectivity index (χ3n) is 4.38. The molecule has 5 heteroatoms. The van der Waals surface area contributed by atoms with Crippen molar-refractivity contribution in [2.75, 3.05) is 12.4 Å². The first kappa shape index (κ1) is 18.5. The third-order valence-corrected chi connectivity index (χ3v) is 4.38.